The van der Waals surface area contributed by atoms with Crippen molar-refractivity contribution < 1.29 is 24.2 Å². The van der Waals surface area contributed by atoms with E-state index in [2.05, 4.69) is 17.4 Å². The third kappa shape index (κ3) is 5.48. The largest absolute Gasteiger partial charge is 0.478 e. The van der Waals surface area contributed by atoms with E-state index in [0.29, 0.717) is 32.7 Å². The lowest BCUT2D eigenvalue weighted by Gasteiger charge is -2.32. The molecule has 0 spiro atoms. The van der Waals surface area contributed by atoms with E-state index in [9.17, 15) is 19.5 Å². The summed E-state index contributed by atoms with van der Waals surface area (Å²) in [6.45, 7) is 3.74. The Bertz CT molecular complexity index is 1350. The van der Waals surface area contributed by atoms with Gasteiger partial charge in [-0.2, -0.15) is 0 Å². The van der Waals surface area contributed by atoms with Gasteiger partial charge in [0.25, 0.3) is 0 Å². The van der Waals surface area contributed by atoms with Crippen LogP contribution in [0, 0.1) is 5.92 Å². The molecular weight excluding hydrogens is 480 g/mol. The quantitative estimate of drug-likeness (QED) is 0.443. The standard InChI is InChI=1S/C31H32N2O5/c1-2-38-19-29(34)33-14-13-25-24(21-9-6-10-22(15-21)31(36)37)12-11-23(28(25)18-33)17-32-30(35)27-16-26(27)20-7-4-3-5-8-20/h3-12,15,26-27H,2,13-14,16-19H2,1H3,(H,32,35)(H,36,37)/t26-,27+/m0/s1. The topological polar surface area (TPSA) is 95.9 Å². The van der Waals surface area contributed by atoms with E-state index in [0.717, 1.165) is 34.2 Å². The van der Waals surface area contributed by atoms with Crippen LogP contribution in [0.3, 0.4) is 0 Å². The highest BCUT2D eigenvalue weighted by Crippen LogP contribution is 2.47. The number of amides is 2. The zero-order valence-corrected chi connectivity index (χ0v) is 21.5. The van der Waals surface area contributed by atoms with Crippen molar-refractivity contribution in [3.8, 4) is 11.1 Å². The molecule has 5 rings (SSSR count). The first-order chi connectivity index (χ1) is 18.5. The highest BCUT2D eigenvalue weighted by atomic mass is 16.5. The molecule has 0 unspecified atom stereocenters. The van der Waals surface area contributed by atoms with Gasteiger partial charge in [-0.1, -0.05) is 54.6 Å². The fourth-order valence-corrected chi connectivity index (χ4v) is 5.36. The summed E-state index contributed by atoms with van der Waals surface area (Å²) in [7, 11) is 0. The van der Waals surface area contributed by atoms with Crippen molar-refractivity contribution >= 4 is 17.8 Å². The van der Waals surface area contributed by atoms with E-state index < -0.39 is 5.97 Å². The van der Waals surface area contributed by atoms with Crippen molar-refractivity contribution in [2.75, 3.05) is 19.8 Å². The Morgan fingerprint density at radius 3 is 2.61 bits per heavy atom. The molecule has 3 aromatic rings. The molecule has 1 aliphatic heterocycles. The van der Waals surface area contributed by atoms with E-state index in [1.165, 1.54) is 5.56 Å². The molecule has 1 saturated carbocycles. The molecule has 2 N–H and O–H groups in total. The summed E-state index contributed by atoms with van der Waals surface area (Å²) in [5.41, 5.74) is 6.28. The summed E-state index contributed by atoms with van der Waals surface area (Å²) in [5, 5.41) is 12.6. The van der Waals surface area contributed by atoms with Gasteiger partial charge in [0, 0.05) is 32.2 Å². The molecule has 3 aromatic carbocycles. The van der Waals surface area contributed by atoms with Crippen molar-refractivity contribution in [1.29, 1.82) is 0 Å². The van der Waals surface area contributed by atoms with Gasteiger partial charge in [-0.05, 0) is 71.2 Å². The van der Waals surface area contributed by atoms with Crippen LogP contribution in [0.2, 0.25) is 0 Å². The number of aromatic carboxylic acids is 1. The summed E-state index contributed by atoms with van der Waals surface area (Å²) in [6, 6.07) is 21.0. The maximum atomic E-state index is 13.0. The SMILES string of the molecule is CCOCC(=O)N1CCc2c(-c3cccc(C(=O)O)c3)ccc(CNC(=O)[C@@H]3C[C@H]3c3ccccc3)c2C1. The molecule has 2 atom stereocenters. The third-order valence-corrected chi connectivity index (χ3v) is 7.52. The Morgan fingerprint density at radius 2 is 1.84 bits per heavy atom. The number of nitrogens with zero attached hydrogens (tertiary/aromatic N) is 1. The van der Waals surface area contributed by atoms with E-state index in [4.69, 9.17) is 4.74 Å². The Hall–Kier alpha value is -3.97. The van der Waals surface area contributed by atoms with Gasteiger partial charge in [0.2, 0.25) is 11.8 Å². The number of hydrogen-bond donors (Lipinski definition) is 2. The zero-order chi connectivity index (χ0) is 26.6. The van der Waals surface area contributed by atoms with Gasteiger partial charge >= 0.3 is 5.97 Å². The van der Waals surface area contributed by atoms with Crippen molar-refractivity contribution in [3.63, 3.8) is 0 Å². The number of ether oxygens (including phenoxy) is 1. The van der Waals surface area contributed by atoms with E-state index in [-0.39, 0.29) is 35.8 Å². The fraction of sp³-hybridized carbons (Fsp3) is 0.323. The van der Waals surface area contributed by atoms with Crippen molar-refractivity contribution in [2.24, 2.45) is 5.92 Å². The minimum atomic E-state index is -0.971. The number of carbonyl (C=O) groups is 3. The third-order valence-electron chi connectivity index (χ3n) is 7.52. The van der Waals surface area contributed by atoms with Gasteiger partial charge < -0.3 is 20.1 Å². The van der Waals surface area contributed by atoms with E-state index in [1.807, 2.05) is 43.3 Å². The maximum Gasteiger partial charge on any atom is 0.335 e. The number of fused-ring (bicyclic) bond motifs is 1. The number of rotatable bonds is 9. The Kier molecular flexibility index (Phi) is 7.56. The van der Waals surface area contributed by atoms with Gasteiger partial charge in [-0.3, -0.25) is 9.59 Å². The molecule has 1 aliphatic carbocycles. The summed E-state index contributed by atoms with van der Waals surface area (Å²) in [6.07, 6.45) is 1.49. The number of benzene rings is 3. The first-order valence-electron chi connectivity index (χ1n) is 13.1. The first kappa shape index (κ1) is 25.7. The molecule has 2 aliphatic rings. The average Bonchev–Trinajstić information content (AvgIpc) is 3.76. The predicted molar refractivity (Wildman–Crippen MR) is 144 cm³/mol. The van der Waals surface area contributed by atoms with Crippen LogP contribution >= 0.6 is 0 Å². The molecule has 196 valence electrons. The van der Waals surface area contributed by atoms with Gasteiger partial charge in [-0.15, -0.1) is 0 Å². The monoisotopic (exact) mass is 512 g/mol. The minimum absolute atomic E-state index is 0.0180. The fourth-order valence-electron chi connectivity index (χ4n) is 5.36. The molecule has 38 heavy (non-hydrogen) atoms. The van der Waals surface area contributed by atoms with Gasteiger partial charge in [-0.25, -0.2) is 4.79 Å². The average molecular weight is 513 g/mol. The molecule has 2 amide bonds. The molecule has 1 fully saturated rings. The van der Waals surface area contributed by atoms with Crippen LogP contribution in [0.25, 0.3) is 11.1 Å². The molecule has 1 heterocycles. The smallest absolute Gasteiger partial charge is 0.335 e. The van der Waals surface area contributed by atoms with Crippen LogP contribution in [0.5, 0.6) is 0 Å². The van der Waals surface area contributed by atoms with Gasteiger partial charge in [0.15, 0.2) is 0 Å². The summed E-state index contributed by atoms with van der Waals surface area (Å²) in [5.74, 6) is -0.738. The molecule has 0 aromatic heterocycles. The lowest BCUT2D eigenvalue weighted by Crippen LogP contribution is -2.39. The molecular formula is C31H32N2O5. The lowest BCUT2D eigenvalue weighted by molar-refractivity contribution is -0.137. The summed E-state index contributed by atoms with van der Waals surface area (Å²) < 4.78 is 5.35. The van der Waals surface area contributed by atoms with Crippen LogP contribution in [0.1, 0.15) is 51.9 Å². The number of hydrogen-bond acceptors (Lipinski definition) is 4. The first-order valence-corrected chi connectivity index (χ1v) is 13.1. The highest BCUT2D eigenvalue weighted by Gasteiger charge is 2.43. The van der Waals surface area contributed by atoms with Crippen molar-refractivity contribution in [2.45, 2.75) is 38.8 Å². The molecule has 0 bridgehead atoms. The lowest BCUT2D eigenvalue weighted by atomic mass is 9.87. The molecule has 7 nitrogen and oxygen atoms in total. The number of carboxylic acid groups (broad SMARTS) is 1. The Labute approximate surface area is 222 Å². The van der Waals surface area contributed by atoms with Crippen LogP contribution in [-0.4, -0.2) is 47.5 Å². The van der Waals surface area contributed by atoms with E-state index in [1.54, 1.807) is 23.1 Å². The Balaban J connectivity index is 1.39. The second kappa shape index (κ2) is 11.2. The van der Waals surface area contributed by atoms with Gasteiger partial charge in [0.1, 0.15) is 6.61 Å². The zero-order valence-electron chi connectivity index (χ0n) is 21.5. The number of nitrogens with one attached hydrogen (secondary N) is 1. The normalized spacial score (nSPS) is 18.0. The van der Waals surface area contributed by atoms with E-state index >= 15 is 0 Å². The highest BCUT2D eigenvalue weighted by molar-refractivity contribution is 5.90. The van der Waals surface area contributed by atoms with Crippen molar-refractivity contribution in [1.82, 2.24) is 10.2 Å². The second-order valence-electron chi connectivity index (χ2n) is 9.89. The van der Waals surface area contributed by atoms with Crippen LogP contribution in [-0.2, 0) is 33.8 Å². The Morgan fingerprint density at radius 1 is 1.03 bits per heavy atom. The maximum absolute atomic E-state index is 13.0. The minimum Gasteiger partial charge on any atom is -0.478 e. The summed E-state index contributed by atoms with van der Waals surface area (Å²) in [4.78, 5) is 39.1. The van der Waals surface area contributed by atoms with Crippen LogP contribution in [0.15, 0.2) is 66.7 Å². The van der Waals surface area contributed by atoms with Crippen LogP contribution in [0.4, 0.5) is 0 Å². The van der Waals surface area contributed by atoms with Crippen LogP contribution < -0.4 is 5.32 Å². The predicted octanol–water partition coefficient (Wildman–Crippen LogP) is 4.39. The molecule has 0 radical (unpaired) electrons. The second-order valence-corrected chi connectivity index (χ2v) is 9.89. The van der Waals surface area contributed by atoms with Gasteiger partial charge in [0.05, 0.1) is 5.56 Å². The molecule has 0 saturated heterocycles. The van der Waals surface area contributed by atoms with Crippen molar-refractivity contribution in [3.05, 3.63) is 94.5 Å². The summed E-state index contributed by atoms with van der Waals surface area (Å²) >= 11 is 0. The number of carbonyl (C=O) groups excluding carboxylic acids is 2. The molecule has 7 heteroatoms. The number of carboxylic acids is 1.